The SMILES string of the molecule is Cc1nc(-c2ccc(F)cc2)ccc1C(=O)NCc1cccnc1. The average Bonchev–Trinajstić information content (AvgIpc) is 2.61. The summed E-state index contributed by atoms with van der Waals surface area (Å²) >= 11 is 0. The molecule has 4 nitrogen and oxygen atoms in total. The molecular weight excluding hydrogens is 305 g/mol. The summed E-state index contributed by atoms with van der Waals surface area (Å²) in [5.41, 5.74) is 3.59. The van der Waals surface area contributed by atoms with Gasteiger partial charge in [0.2, 0.25) is 0 Å². The van der Waals surface area contributed by atoms with Crippen molar-refractivity contribution in [2.75, 3.05) is 0 Å². The lowest BCUT2D eigenvalue weighted by Crippen LogP contribution is -2.24. The van der Waals surface area contributed by atoms with E-state index in [0.717, 1.165) is 11.1 Å². The molecule has 3 rings (SSSR count). The lowest BCUT2D eigenvalue weighted by molar-refractivity contribution is 0.0950. The number of hydrogen-bond donors (Lipinski definition) is 1. The highest BCUT2D eigenvalue weighted by Gasteiger charge is 2.11. The number of amides is 1. The molecule has 0 spiro atoms. The summed E-state index contributed by atoms with van der Waals surface area (Å²) in [4.78, 5) is 20.8. The van der Waals surface area contributed by atoms with Gasteiger partial charge in [-0.2, -0.15) is 0 Å². The van der Waals surface area contributed by atoms with E-state index in [0.29, 0.717) is 23.5 Å². The molecule has 0 fully saturated rings. The van der Waals surface area contributed by atoms with Crippen LogP contribution < -0.4 is 5.32 Å². The Balaban J connectivity index is 1.74. The van der Waals surface area contributed by atoms with Gasteiger partial charge in [-0.25, -0.2) is 4.39 Å². The molecule has 0 aliphatic rings. The van der Waals surface area contributed by atoms with Gasteiger partial charge in [0, 0.05) is 24.5 Å². The van der Waals surface area contributed by atoms with Crippen molar-refractivity contribution in [3.63, 3.8) is 0 Å². The van der Waals surface area contributed by atoms with Crippen LogP contribution in [0, 0.1) is 12.7 Å². The smallest absolute Gasteiger partial charge is 0.253 e. The molecule has 24 heavy (non-hydrogen) atoms. The highest BCUT2D eigenvalue weighted by atomic mass is 19.1. The second-order valence-electron chi connectivity index (χ2n) is 5.38. The van der Waals surface area contributed by atoms with Crippen LogP contribution >= 0.6 is 0 Å². The topological polar surface area (TPSA) is 54.9 Å². The second kappa shape index (κ2) is 7.00. The van der Waals surface area contributed by atoms with E-state index < -0.39 is 0 Å². The fourth-order valence-corrected chi connectivity index (χ4v) is 2.36. The Bertz CT molecular complexity index is 848. The maximum absolute atomic E-state index is 13.0. The summed E-state index contributed by atoms with van der Waals surface area (Å²) < 4.78 is 13.0. The van der Waals surface area contributed by atoms with E-state index in [1.165, 1.54) is 12.1 Å². The molecule has 3 aromatic rings. The molecule has 0 bridgehead atoms. The highest BCUT2D eigenvalue weighted by Crippen LogP contribution is 2.19. The normalized spacial score (nSPS) is 10.4. The van der Waals surface area contributed by atoms with Gasteiger partial charge in [-0.15, -0.1) is 0 Å². The number of carbonyl (C=O) groups excluding carboxylic acids is 1. The number of nitrogens with zero attached hydrogens (tertiary/aromatic N) is 2. The van der Waals surface area contributed by atoms with Gasteiger partial charge < -0.3 is 5.32 Å². The van der Waals surface area contributed by atoms with Gasteiger partial charge in [-0.05, 0) is 55.0 Å². The number of aryl methyl sites for hydroxylation is 1. The van der Waals surface area contributed by atoms with Crippen LogP contribution in [0.15, 0.2) is 60.9 Å². The first-order valence-corrected chi connectivity index (χ1v) is 7.54. The fourth-order valence-electron chi connectivity index (χ4n) is 2.36. The van der Waals surface area contributed by atoms with Crippen molar-refractivity contribution < 1.29 is 9.18 Å². The fraction of sp³-hybridized carbons (Fsp3) is 0.105. The standard InChI is InChI=1S/C19H16FN3O/c1-13-17(19(24)22-12-14-3-2-10-21-11-14)8-9-18(23-13)15-4-6-16(20)7-5-15/h2-11H,12H2,1H3,(H,22,24). The summed E-state index contributed by atoms with van der Waals surface area (Å²) in [5, 5.41) is 2.85. The Kier molecular flexibility index (Phi) is 4.61. The Morgan fingerprint density at radius 1 is 1.12 bits per heavy atom. The first-order chi connectivity index (χ1) is 11.6. The number of benzene rings is 1. The number of halogens is 1. The van der Waals surface area contributed by atoms with Crippen LogP contribution in [-0.2, 0) is 6.54 Å². The maximum Gasteiger partial charge on any atom is 0.253 e. The molecule has 5 heteroatoms. The van der Waals surface area contributed by atoms with Gasteiger partial charge in [-0.3, -0.25) is 14.8 Å². The van der Waals surface area contributed by atoms with Crippen molar-refractivity contribution in [2.45, 2.75) is 13.5 Å². The van der Waals surface area contributed by atoms with E-state index in [9.17, 15) is 9.18 Å². The highest BCUT2D eigenvalue weighted by molar-refractivity contribution is 5.95. The van der Waals surface area contributed by atoms with Gasteiger partial charge in [0.25, 0.3) is 5.91 Å². The van der Waals surface area contributed by atoms with Crippen LogP contribution in [0.5, 0.6) is 0 Å². The Labute approximate surface area is 139 Å². The Hall–Kier alpha value is -3.08. The number of aromatic nitrogens is 2. The minimum Gasteiger partial charge on any atom is -0.348 e. The summed E-state index contributed by atoms with van der Waals surface area (Å²) in [7, 11) is 0. The van der Waals surface area contributed by atoms with E-state index in [2.05, 4.69) is 15.3 Å². The molecule has 0 atom stereocenters. The lowest BCUT2D eigenvalue weighted by atomic mass is 10.1. The van der Waals surface area contributed by atoms with Crippen molar-refractivity contribution in [3.8, 4) is 11.3 Å². The number of nitrogens with one attached hydrogen (secondary N) is 1. The molecule has 1 N–H and O–H groups in total. The second-order valence-corrected chi connectivity index (χ2v) is 5.38. The van der Waals surface area contributed by atoms with Gasteiger partial charge in [0.15, 0.2) is 0 Å². The first-order valence-electron chi connectivity index (χ1n) is 7.54. The Morgan fingerprint density at radius 3 is 2.58 bits per heavy atom. The Morgan fingerprint density at radius 2 is 1.92 bits per heavy atom. The maximum atomic E-state index is 13.0. The minimum absolute atomic E-state index is 0.186. The molecule has 2 heterocycles. The zero-order valence-corrected chi connectivity index (χ0v) is 13.2. The zero-order chi connectivity index (χ0) is 16.9. The van der Waals surface area contributed by atoms with Crippen LogP contribution in [-0.4, -0.2) is 15.9 Å². The first kappa shape index (κ1) is 15.8. The molecule has 1 amide bonds. The van der Waals surface area contributed by atoms with Crippen LogP contribution in [0.4, 0.5) is 4.39 Å². The van der Waals surface area contributed by atoms with E-state index >= 15 is 0 Å². The van der Waals surface area contributed by atoms with E-state index in [1.807, 2.05) is 12.1 Å². The van der Waals surface area contributed by atoms with Crippen molar-refractivity contribution in [2.24, 2.45) is 0 Å². The average molecular weight is 321 g/mol. The van der Waals surface area contributed by atoms with Crippen molar-refractivity contribution in [3.05, 3.63) is 83.6 Å². The quantitative estimate of drug-likeness (QED) is 0.800. The van der Waals surface area contributed by atoms with Gasteiger partial charge in [0.1, 0.15) is 5.82 Å². The predicted molar refractivity (Wildman–Crippen MR) is 89.8 cm³/mol. The molecule has 0 aliphatic heterocycles. The van der Waals surface area contributed by atoms with E-state index in [-0.39, 0.29) is 11.7 Å². The summed E-state index contributed by atoms with van der Waals surface area (Å²) in [6.45, 7) is 2.19. The number of carbonyl (C=O) groups is 1. The molecule has 1 aromatic carbocycles. The van der Waals surface area contributed by atoms with Crippen molar-refractivity contribution in [1.82, 2.24) is 15.3 Å². The molecular formula is C19H16FN3O. The minimum atomic E-state index is -0.290. The number of rotatable bonds is 4. The third kappa shape index (κ3) is 3.63. The van der Waals surface area contributed by atoms with Gasteiger partial charge in [-0.1, -0.05) is 6.07 Å². The van der Waals surface area contributed by atoms with E-state index in [1.54, 1.807) is 43.6 Å². The molecule has 0 unspecified atom stereocenters. The van der Waals surface area contributed by atoms with Crippen molar-refractivity contribution in [1.29, 1.82) is 0 Å². The summed E-state index contributed by atoms with van der Waals surface area (Å²) in [6.07, 6.45) is 3.40. The lowest BCUT2D eigenvalue weighted by Gasteiger charge is -2.09. The van der Waals surface area contributed by atoms with Crippen LogP contribution in [0.25, 0.3) is 11.3 Å². The van der Waals surface area contributed by atoms with Crippen LogP contribution in [0.3, 0.4) is 0 Å². The van der Waals surface area contributed by atoms with Crippen LogP contribution in [0.2, 0.25) is 0 Å². The molecule has 2 aromatic heterocycles. The monoisotopic (exact) mass is 321 g/mol. The molecule has 120 valence electrons. The number of hydrogen-bond acceptors (Lipinski definition) is 3. The molecule has 0 saturated heterocycles. The van der Waals surface area contributed by atoms with E-state index in [4.69, 9.17) is 0 Å². The summed E-state index contributed by atoms with van der Waals surface area (Å²) in [6, 6.07) is 13.3. The van der Waals surface area contributed by atoms with Crippen LogP contribution in [0.1, 0.15) is 21.6 Å². The molecule has 0 radical (unpaired) electrons. The number of pyridine rings is 2. The van der Waals surface area contributed by atoms with Gasteiger partial charge in [0.05, 0.1) is 17.0 Å². The zero-order valence-electron chi connectivity index (χ0n) is 13.2. The van der Waals surface area contributed by atoms with Crippen molar-refractivity contribution >= 4 is 5.91 Å². The van der Waals surface area contributed by atoms with Gasteiger partial charge >= 0.3 is 0 Å². The molecule has 0 aliphatic carbocycles. The predicted octanol–water partition coefficient (Wildman–Crippen LogP) is 3.52. The largest absolute Gasteiger partial charge is 0.348 e. The summed E-state index contributed by atoms with van der Waals surface area (Å²) in [5.74, 6) is -0.476. The third-order valence-electron chi connectivity index (χ3n) is 3.65. The third-order valence-corrected chi connectivity index (χ3v) is 3.65. The molecule has 0 saturated carbocycles.